The van der Waals surface area contributed by atoms with Crippen LogP contribution < -0.4 is 4.74 Å². The van der Waals surface area contributed by atoms with Crippen molar-refractivity contribution in [1.29, 1.82) is 0 Å². The van der Waals surface area contributed by atoms with Gasteiger partial charge in [0, 0.05) is 30.3 Å². The molecule has 0 aliphatic heterocycles. The van der Waals surface area contributed by atoms with Gasteiger partial charge in [0.05, 0.1) is 12.7 Å². The zero-order valence-electron chi connectivity index (χ0n) is 23.4. The van der Waals surface area contributed by atoms with E-state index in [0.717, 1.165) is 16.7 Å². The minimum atomic E-state index is -2.26. The normalized spacial score (nSPS) is 39.6. The van der Waals surface area contributed by atoms with Crippen LogP contribution in [0.1, 0.15) is 38.7 Å². The standard InChI is InChI=1S/C31H39F2NO7/c1-29-14-27(39)31(33)23(13-25(32)24-12-20(37)7-8-30(24,31)2)22(29)11-19(28(29)26(38)17-36)16-34(40)15-18-3-5-21(6-4-18)41-10-9-35/h3-8,12,19,22-23,25,27-28,35-36,39-40H,9-11,13-17H2,1-2H3. The molecule has 3 fully saturated rings. The van der Waals surface area contributed by atoms with Crippen LogP contribution in [0.5, 0.6) is 5.75 Å². The lowest BCUT2D eigenvalue weighted by molar-refractivity contribution is -0.202. The predicted octanol–water partition coefficient (Wildman–Crippen LogP) is 2.97. The van der Waals surface area contributed by atoms with Gasteiger partial charge >= 0.3 is 0 Å². The fourth-order valence-electron chi connectivity index (χ4n) is 8.70. The van der Waals surface area contributed by atoms with Gasteiger partial charge in [-0.2, -0.15) is 5.06 Å². The first-order valence-corrected chi connectivity index (χ1v) is 14.2. The molecule has 10 heteroatoms. The quantitative estimate of drug-likeness (QED) is 0.331. The first kappa shape index (κ1) is 30.0. The lowest BCUT2D eigenvalue weighted by Crippen LogP contribution is -2.68. The Kier molecular flexibility index (Phi) is 8.02. The topological polar surface area (TPSA) is 128 Å². The van der Waals surface area contributed by atoms with Gasteiger partial charge < -0.3 is 25.3 Å². The van der Waals surface area contributed by atoms with E-state index in [1.165, 1.54) is 19.1 Å². The second kappa shape index (κ2) is 11.0. The van der Waals surface area contributed by atoms with Gasteiger partial charge in [0.15, 0.2) is 17.2 Å². The lowest BCUT2D eigenvalue weighted by Gasteiger charge is -2.62. The molecular weight excluding hydrogens is 536 g/mol. The SMILES string of the molecule is CC12CC(O)C3(F)C(CC(F)C4=CC(=O)C=CC43C)C1CC(CN(O)Cc1ccc(OCCO)cc1)C2C(=O)CO. The highest BCUT2D eigenvalue weighted by atomic mass is 19.1. The fraction of sp³-hybridized carbons (Fsp3) is 0.613. The monoisotopic (exact) mass is 575 g/mol. The lowest BCUT2D eigenvalue weighted by atomic mass is 9.45. The molecule has 0 amide bonds. The Bertz CT molecular complexity index is 1240. The van der Waals surface area contributed by atoms with Crippen LogP contribution in [-0.4, -0.2) is 81.5 Å². The average Bonchev–Trinajstić information content (AvgIpc) is 3.21. The van der Waals surface area contributed by atoms with Gasteiger partial charge in [0.25, 0.3) is 0 Å². The summed E-state index contributed by atoms with van der Waals surface area (Å²) in [5.74, 6) is -2.97. The van der Waals surface area contributed by atoms with E-state index in [1.807, 2.05) is 6.92 Å². The van der Waals surface area contributed by atoms with E-state index in [9.17, 15) is 25.0 Å². The molecule has 0 aromatic heterocycles. The van der Waals surface area contributed by atoms with E-state index in [1.54, 1.807) is 24.3 Å². The number of carbonyl (C=O) groups excluding carboxylic acids is 2. The molecule has 4 aliphatic rings. The van der Waals surface area contributed by atoms with Crippen molar-refractivity contribution in [1.82, 2.24) is 5.06 Å². The van der Waals surface area contributed by atoms with Crippen molar-refractivity contribution in [3.8, 4) is 5.75 Å². The summed E-state index contributed by atoms with van der Waals surface area (Å²) >= 11 is 0. The molecule has 3 saturated carbocycles. The molecule has 9 unspecified atom stereocenters. The number of fused-ring (bicyclic) bond motifs is 5. The highest BCUT2D eigenvalue weighted by Crippen LogP contribution is 2.70. The average molecular weight is 576 g/mol. The van der Waals surface area contributed by atoms with E-state index in [2.05, 4.69) is 0 Å². The molecule has 0 spiro atoms. The maximum Gasteiger partial charge on any atom is 0.178 e. The minimum absolute atomic E-state index is 0.0400. The molecule has 5 rings (SSSR count). The third kappa shape index (κ3) is 4.77. The van der Waals surface area contributed by atoms with Crippen LogP contribution in [0, 0.1) is 34.5 Å². The van der Waals surface area contributed by atoms with Crippen LogP contribution in [-0.2, 0) is 16.1 Å². The Morgan fingerprint density at radius 2 is 1.85 bits per heavy atom. The van der Waals surface area contributed by atoms with Crippen molar-refractivity contribution in [2.45, 2.75) is 57.6 Å². The molecule has 8 nitrogen and oxygen atoms in total. The molecule has 4 aliphatic carbocycles. The second-order valence-corrected chi connectivity index (χ2v) is 12.6. The van der Waals surface area contributed by atoms with Crippen LogP contribution in [0.3, 0.4) is 0 Å². The number of hydrogen-bond donors (Lipinski definition) is 4. The highest BCUT2D eigenvalue weighted by Gasteiger charge is 2.73. The van der Waals surface area contributed by atoms with E-state index in [4.69, 9.17) is 9.84 Å². The largest absolute Gasteiger partial charge is 0.491 e. The number of halogens is 2. The van der Waals surface area contributed by atoms with E-state index in [-0.39, 0.29) is 44.7 Å². The highest BCUT2D eigenvalue weighted by molar-refractivity contribution is 6.01. The van der Waals surface area contributed by atoms with Crippen molar-refractivity contribution in [3.05, 3.63) is 53.6 Å². The molecule has 41 heavy (non-hydrogen) atoms. The molecule has 0 bridgehead atoms. The van der Waals surface area contributed by atoms with E-state index < -0.39 is 70.6 Å². The number of ketones is 2. The Morgan fingerprint density at radius 3 is 2.51 bits per heavy atom. The molecule has 0 radical (unpaired) electrons. The summed E-state index contributed by atoms with van der Waals surface area (Å²) in [5, 5.41) is 42.3. The van der Waals surface area contributed by atoms with Gasteiger partial charge in [-0.05, 0) is 78.9 Å². The Hall–Kier alpha value is -2.50. The molecule has 1 aromatic rings. The first-order valence-electron chi connectivity index (χ1n) is 14.2. The summed E-state index contributed by atoms with van der Waals surface area (Å²) in [6, 6.07) is 6.98. The zero-order chi connectivity index (χ0) is 29.7. The van der Waals surface area contributed by atoms with Crippen LogP contribution in [0.25, 0.3) is 0 Å². The number of Topliss-reactive ketones (excluding diaryl/α,β-unsaturated/α-hetero) is 1. The number of ether oxygens (including phenoxy) is 1. The number of benzene rings is 1. The second-order valence-electron chi connectivity index (χ2n) is 12.6. The Labute approximate surface area is 238 Å². The smallest absolute Gasteiger partial charge is 0.178 e. The summed E-state index contributed by atoms with van der Waals surface area (Å²) in [5.41, 5.74) is -3.90. The maximum absolute atomic E-state index is 17.4. The Balaban J connectivity index is 1.42. The summed E-state index contributed by atoms with van der Waals surface area (Å²) < 4.78 is 38.4. The fourth-order valence-corrected chi connectivity index (χ4v) is 8.70. The third-order valence-corrected chi connectivity index (χ3v) is 10.4. The molecule has 0 heterocycles. The number of hydroxylamine groups is 2. The minimum Gasteiger partial charge on any atom is -0.491 e. The third-order valence-electron chi connectivity index (χ3n) is 10.4. The predicted molar refractivity (Wildman–Crippen MR) is 144 cm³/mol. The van der Waals surface area contributed by atoms with Crippen molar-refractivity contribution in [2.75, 3.05) is 26.4 Å². The van der Waals surface area contributed by atoms with Crippen molar-refractivity contribution < 1.29 is 43.6 Å². The zero-order valence-corrected chi connectivity index (χ0v) is 23.4. The van der Waals surface area contributed by atoms with Crippen molar-refractivity contribution in [2.24, 2.45) is 34.5 Å². The first-order chi connectivity index (χ1) is 19.4. The Morgan fingerprint density at radius 1 is 1.15 bits per heavy atom. The number of hydrogen-bond acceptors (Lipinski definition) is 8. The van der Waals surface area contributed by atoms with Gasteiger partial charge in [-0.15, -0.1) is 0 Å². The van der Waals surface area contributed by atoms with Crippen molar-refractivity contribution in [3.63, 3.8) is 0 Å². The number of aliphatic hydroxyl groups is 3. The summed E-state index contributed by atoms with van der Waals surface area (Å²) in [4.78, 5) is 25.2. The van der Waals surface area contributed by atoms with Gasteiger partial charge in [0.2, 0.25) is 0 Å². The molecule has 4 N–H and O–H groups in total. The molecule has 0 saturated heterocycles. The number of carbonyl (C=O) groups is 2. The number of allylic oxidation sites excluding steroid dienone is 4. The number of nitrogens with zero attached hydrogens (tertiary/aromatic N) is 1. The van der Waals surface area contributed by atoms with Crippen LogP contribution in [0.15, 0.2) is 48.1 Å². The van der Waals surface area contributed by atoms with Gasteiger partial charge in [-0.3, -0.25) is 9.59 Å². The maximum atomic E-state index is 17.4. The molecule has 1 aromatic carbocycles. The van der Waals surface area contributed by atoms with Crippen LogP contribution in [0.4, 0.5) is 8.78 Å². The molecule has 9 atom stereocenters. The van der Waals surface area contributed by atoms with Crippen LogP contribution >= 0.6 is 0 Å². The number of alkyl halides is 2. The summed E-state index contributed by atoms with van der Waals surface area (Å²) in [7, 11) is 0. The van der Waals surface area contributed by atoms with Gasteiger partial charge in [-0.25, -0.2) is 8.78 Å². The number of aliphatic hydroxyl groups excluding tert-OH is 3. The molecular formula is C31H39F2NO7. The van der Waals surface area contributed by atoms with Crippen LogP contribution in [0.2, 0.25) is 0 Å². The van der Waals surface area contributed by atoms with Crippen molar-refractivity contribution >= 4 is 11.6 Å². The van der Waals surface area contributed by atoms with Gasteiger partial charge in [0.1, 0.15) is 25.1 Å². The number of rotatable bonds is 9. The summed E-state index contributed by atoms with van der Waals surface area (Å²) in [6.45, 7) is 2.86. The molecule has 224 valence electrons. The van der Waals surface area contributed by atoms with E-state index in [0.29, 0.717) is 12.2 Å². The van der Waals surface area contributed by atoms with E-state index >= 15 is 8.78 Å². The van der Waals surface area contributed by atoms with Gasteiger partial charge in [-0.1, -0.05) is 25.1 Å². The summed E-state index contributed by atoms with van der Waals surface area (Å²) in [6.07, 6.45) is 0.660.